The third kappa shape index (κ3) is 4.56. The van der Waals surface area contributed by atoms with Crippen LogP contribution in [0, 0.1) is 17.6 Å². The molecule has 1 fully saturated rings. The van der Waals surface area contributed by atoms with Crippen molar-refractivity contribution in [1.29, 1.82) is 0 Å². The van der Waals surface area contributed by atoms with Crippen LogP contribution in [0.5, 0.6) is 5.75 Å². The van der Waals surface area contributed by atoms with E-state index in [1.807, 2.05) is 31.2 Å². The molecule has 0 amide bonds. The van der Waals surface area contributed by atoms with Crippen molar-refractivity contribution < 1.29 is 18.3 Å². The van der Waals surface area contributed by atoms with Crippen molar-refractivity contribution in [2.45, 2.75) is 39.2 Å². The number of benzene rings is 2. The molecule has 1 aliphatic heterocycles. The highest BCUT2D eigenvalue weighted by atomic mass is 19.2. The molecular weight excluding hydrogens is 346 g/mol. The third-order valence-electron chi connectivity index (χ3n) is 5.02. The van der Waals surface area contributed by atoms with Gasteiger partial charge < -0.3 is 9.47 Å². The summed E-state index contributed by atoms with van der Waals surface area (Å²) in [5.74, 6) is -1.30. The van der Waals surface area contributed by atoms with Gasteiger partial charge in [0.15, 0.2) is 11.6 Å². The van der Waals surface area contributed by atoms with E-state index in [9.17, 15) is 8.78 Å². The van der Waals surface area contributed by atoms with Crippen LogP contribution in [0.3, 0.4) is 0 Å². The Balaban J connectivity index is 1.70. The molecule has 1 heterocycles. The number of halogens is 2. The predicted octanol–water partition coefficient (Wildman–Crippen LogP) is 6.46. The average Bonchev–Trinajstić information content (AvgIpc) is 2.71. The van der Waals surface area contributed by atoms with Gasteiger partial charge in [0, 0.05) is 5.56 Å². The fraction of sp³-hybridized carbons (Fsp3) is 0.391. The van der Waals surface area contributed by atoms with Gasteiger partial charge in [-0.3, -0.25) is 0 Å². The van der Waals surface area contributed by atoms with Gasteiger partial charge in [-0.25, -0.2) is 4.39 Å². The van der Waals surface area contributed by atoms with Crippen LogP contribution in [0.25, 0.3) is 11.1 Å². The zero-order valence-electron chi connectivity index (χ0n) is 15.9. The number of rotatable bonds is 6. The maximum atomic E-state index is 14.4. The van der Waals surface area contributed by atoms with Gasteiger partial charge in [-0.05, 0) is 62.3 Å². The largest absolute Gasteiger partial charge is 0.491 e. The Labute approximate surface area is 159 Å². The SMILES string of the molecule is C/C=C/CC1CCC(c2ccc(-c3ccc(OCC)c(F)c3F)cc2)OC1. The maximum Gasteiger partial charge on any atom is 0.201 e. The zero-order valence-corrected chi connectivity index (χ0v) is 15.9. The van der Waals surface area contributed by atoms with Gasteiger partial charge in [-0.2, -0.15) is 4.39 Å². The van der Waals surface area contributed by atoms with Crippen LogP contribution in [0.2, 0.25) is 0 Å². The van der Waals surface area contributed by atoms with Crippen LogP contribution in [0.1, 0.15) is 44.8 Å². The Kier molecular flexibility index (Phi) is 6.62. The molecule has 27 heavy (non-hydrogen) atoms. The maximum absolute atomic E-state index is 14.4. The Bertz CT molecular complexity index is 776. The quantitative estimate of drug-likeness (QED) is 0.541. The summed E-state index contributed by atoms with van der Waals surface area (Å²) < 4.78 is 39.6. The topological polar surface area (TPSA) is 18.5 Å². The summed E-state index contributed by atoms with van der Waals surface area (Å²) in [7, 11) is 0. The van der Waals surface area contributed by atoms with Crippen LogP contribution >= 0.6 is 0 Å². The molecule has 4 heteroatoms. The van der Waals surface area contributed by atoms with E-state index >= 15 is 0 Å². The molecule has 0 spiro atoms. The Morgan fingerprint density at radius 1 is 1.07 bits per heavy atom. The highest BCUT2D eigenvalue weighted by molar-refractivity contribution is 5.65. The predicted molar refractivity (Wildman–Crippen MR) is 104 cm³/mol. The molecule has 1 aliphatic rings. The molecule has 0 bridgehead atoms. The van der Waals surface area contributed by atoms with Crippen molar-refractivity contribution in [2.75, 3.05) is 13.2 Å². The van der Waals surface area contributed by atoms with Crippen LogP contribution in [0.15, 0.2) is 48.6 Å². The summed E-state index contributed by atoms with van der Waals surface area (Å²) in [5.41, 5.74) is 1.95. The van der Waals surface area contributed by atoms with E-state index in [0.29, 0.717) is 18.1 Å². The van der Waals surface area contributed by atoms with Crippen molar-refractivity contribution in [3.05, 3.63) is 65.7 Å². The van der Waals surface area contributed by atoms with Gasteiger partial charge >= 0.3 is 0 Å². The lowest BCUT2D eigenvalue weighted by molar-refractivity contribution is -0.0164. The lowest BCUT2D eigenvalue weighted by Crippen LogP contribution is -2.20. The van der Waals surface area contributed by atoms with E-state index in [1.54, 1.807) is 13.0 Å². The van der Waals surface area contributed by atoms with Crippen LogP contribution < -0.4 is 4.74 Å². The van der Waals surface area contributed by atoms with Crippen LogP contribution in [-0.2, 0) is 4.74 Å². The lowest BCUT2D eigenvalue weighted by Gasteiger charge is -2.29. The van der Waals surface area contributed by atoms with E-state index in [2.05, 4.69) is 12.2 Å². The smallest absolute Gasteiger partial charge is 0.201 e. The number of hydrogen-bond acceptors (Lipinski definition) is 2. The fourth-order valence-corrected chi connectivity index (χ4v) is 3.48. The van der Waals surface area contributed by atoms with Crippen molar-refractivity contribution in [3.8, 4) is 16.9 Å². The highest BCUT2D eigenvalue weighted by Gasteiger charge is 2.22. The van der Waals surface area contributed by atoms with Crippen LogP contribution in [-0.4, -0.2) is 13.2 Å². The summed E-state index contributed by atoms with van der Waals surface area (Å²) >= 11 is 0. The third-order valence-corrected chi connectivity index (χ3v) is 5.02. The molecule has 0 radical (unpaired) electrons. The Morgan fingerprint density at radius 3 is 2.48 bits per heavy atom. The van der Waals surface area contributed by atoms with E-state index in [-0.39, 0.29) is 17.4 Å². The lowest BCUT2D eigenvalue weighted by atomic mass is 9.92. The molecule has 2 aromatic carbocycles. The molecule has 2 atom stereocenters. The van der Waals surface area contributed by atoms with Gasteiger partial charge in [0.1, 0.15) is 0 Å². The second-order valence-electron chi connectivity index (χ2n) is 6.86. The second-order valence-corrected chi connectivity index (χ2v) is 6.86. The Morgan fingerprint density at radius 2 is 1.85 bits per heavy atom. The molecule has 0 saturated carbocycles. The second kappa shape index (κ2) is 9.14. The fourth-order valence-electron chi connectivity index (χ4n) is 3.48. The van der Waals surface area contributed by atoms with Gasteiger partial charge in [0.05, 0.1) is 19.3 Å². The van der Waals surface area contributed by atoms with Crippen LogP contribution in [0.4, 0.5) is 8.78 Å². The number of hydrogen-bond donors (Lipinski definition) is 0. The van der Waals surface area contributed by atoms with Gasteiger partial charge in [-0.15, -0.1) is 0 Å². The first-order valence-corrected chi connectivity index (χ1v) is 9.57. The minimum Gasteiger partial charge on any atom is -0.491 e. The van der Waals surface area contributed by atoms with Gasteiger partial charge in [-0.1, -0.05) is 36.4 Å². The van der Waals surface area contributed by atoms with Crippen molar-refractivity contribution in [2.24, 2.45) is 5.92 Å². The molecule has 0 N–H and O–H groups in total. The zero-order chi connectivity index (χ0) is 19.2. The minimum absolute atomic E-state index is 0.0570. The van der Waals surface area contributed by atoms with E-state index in [1.165, 1.54) is 6.07 Å². The number of allylic oxidation sites excluding steroid dienone is 2. The number of ether oxygens (including phenoxy) is 2. The first-order valence-electron chi connectivity index (χ1n) is 9.57. The minimum atomic E-state index is -0.943. The molecule has 2 nitrogen and oxygen atoms in total. The average molecular weight is 372 g/mol. The first kappa shape index (κ1) is 19.6. The molecule has 2 unspecified atom stereocenters. The summed E-state index contributed by atoms with van der Waals surface area (Å²) in [6, 6.07) is 10.6. The van der Waals surface area contributed by atoms with E-state index in [0.717, 1.165) is 31.4 Å². The molecule has 3 rings (SSSR count). The van der Waals surface area contributed by atoms with E-state index in [4.69, 9.17) is 9.47 Å². The summed E-state index contributed by atoms with van der Waals surface area (Å²) in [5, 5.41) is 0. The Hall–Kier alpha value is -2.20. The van der Waals surface area contributed by atoms with Crippen molar-refractivity contribution >= 4 is 0 Å². The molecule has 144 valence electrons. The van der Waals surface area contributed by atoms with Crippen molar-refractivity contribution in [1.82, 2.24) is 0 Å². The summed E-state index contributed by atoms with van der Waals surface area (Å²) in [4.78, 5) is 0. The first-order chi connectivity index (χ1) is 13.1. The molecule has 2 aromatic rings. The monoisotopic (exact) mass is 372 g/mol. The van der Waals surface area contributed by atoms with Crippen molar-refractivity contribution in [3.63, 3.8) is 0 Å². The summed E-state index contributed by atoms with van der Waals surface area (Å²) in [6.07, 6.45) is 7.51. The van der Waals surface area contributed by atoms with Gasteiger partial charge in [0.2, 0.25) is 5.82 Å². The van der Waals surface area contributed by atoms with Gasteiger partial charge in [0.25, 0.3) is 0 Å². The molecule has 1 saturated heterocycles. The highest BCUT2D eigenvalue weighted by Crippen LogP contribution is 2.34. The molecule has 0 aliphatic carbocycles. The molecule has 0 aromatic heterocycles. The molecular formula is C23H26F2O2. The normalized spacial score (nSPS) is 20.1. The standard InChI is InChI=1S/C23H26F2O2/c1-3-5-6-16-7-13-20(27-15-16)18-10-8-17(9-11-18)19-12-14-21(26-4-2)23(25)22(19)24/h3,5,8-12,14,16,20H,4,6-7,13,15H2,1-2H3/b5-3+. The summed E-state index contributed by atoms with van der Waals surface area (Å²) in [6.45, 7) is 4.82. The van der Waals surface area contributed by atoms with E-state index < -0.39 is 11.6 Å².